The number of carbonyl (C=O) groups is 1. The van der Waals surface area contributed by atoms with E-state index in [2.05, 4.69) is 15.4 Å². The number of anilines is 1. The number of nitrogens with zero attached hydrogens (tertiary/aromatic N) is 3. The van der Waals surface area contributed by atoms with Gasteiger partial charge in [0.2, 0.25) is 11.1 Å². The molecule has 2 N–H and O–H groups in total. The highest BCUT2D eigenvalue weighted by molar-refractivity contribution is 7.98. The quantitative estimate of drug-likeness (QED) is 0.280. The second kappa shape index (κ2) is 10.0. The Hall–Kier alpha value is -2.75. The molecule has 0 saturated heterocycles. The molecule has 2 aromatic carbocycles. The normalized spacial score (nSPS) is 21.7. The van der Waals surface area contributed by atoms with Crippen LogP contribution in [0.2, 0.25) is 0 Å². The van der Waals surface area contributed by atoms with E-state index in [1.54, 1.807) is 26.2 Å². The standard InChI is InChI=1S/C23H25ClN4O4S/c1-3-32-20(29)18-19(16-9-11-17(31-2)12-10-16)25-21-26-22(27-28(21)23(18,30)14-24)33-13-15-7-5-4-6-8-15/h4-12,18-19,30H,3,13-14H2,1-2H3,(H,25,26,27). The summed E-state index contributed by atoms with van der Waals surface area (Å²) < 4.78 is 11.9. The third-order valence-corrected chi connectivity index (χ3v) is 6.80. The lowest BCUT2D eigenvalue weighted by Crippen LogP contribution is -2.55. The van der Waals surface area contributed by atoms with E-state index in [0.717, 1.165) is 11.1 Å². The number of esters is 1. The number of ether oxygens (including phenoxy) is 2. The molecule has 0 aliphatic carbocycles. The van der Waals surface area contributed by atoms with Crippen LogP contribution in [0.25, 0.3) is 0 Å². The van der Waals surface area contributed by atoms with Gasteiger partial charge in [-0.2, -0.15) is 9.67 Å². The second-order valence-corrected chi connectivity index (χ2v) is 8.75. The lowest BCUT2D eigenvalue weighted by atomic mass is 9.83. The highest BCUT2D eigenvalue weighted by Crippen LogP contribution is 2.44. The monoisotopic (exact) mass is 488 g/mol. The van der Waals surface area contributed by atoms with Crippen molar-refractivity contribution >= 4 is 35.3 Å². The summed E-state index contributed by atoms with van der Waals surface area (Å²) in [5.41, 5.74) is 0.0406. The minimum atomic E-state index is -1.84. The Kier molecular flexibility index (Phi) is 7.11. The van der Waals surface area contributed by atoms with Gasteiger partial charge in [-0.25, -0.2) is 0 Å². The molecule has 0 amide bonds. The van der Waals surface area contributed by atoms with Crippen LogP contribution >= 0.6 is 23.4 Å². The predicted molar refractivity (Wildman–Crippen MR) is 126 cm³/mol. The van der Waals surface area contributed by atoms with E-state index < -0.39 is 23.7 Å². The molecule has 3 atom stereocenters. The minimum absolute atomic E-state index is 0.172. The summed E-state index contributed by atoms with van der Waals surface area (Å²) in [7, 11) is 1.58. The molecule has 10 heteroatoms. The Morgan fingerprint density at radius 2 is 1.97 bits per heavy atom. The van der Waals surface area contributed by atoms with Crippen molar-refractivity contribution in [3.8, 4) is 5.75 Å². The van der Waals surface area contributed by atoms with Gasteiger partial charge in [-0.05, 0) is 30.2 Å². The molecule has 3 unspecified atom stereocenters. The lowest BCUT2D eigenvalue weighted by Gasteiger charge is -2.42. The maximum Gasteiger partial charge on any atom is 0.316 e. The van der Waals surface area contributed by atoms with Crippen molar-refractivity contribution in [1.82, 2.24) is 14.8 Å². The number of hydrogen-bond acceptors (Lipinski definition) is 8. The lowest BCUT2D eigenvalue weighted by molar-refractivity contribution is -0.170. The van der Waals surface area contributed by atoms with E-state index in [4.69, 9.17) is 21.1 Å². The number of aliphatic hydroxyl groups is 1. The molecule has 0 fully saturated rings. The minimum Gasteiger partial charge on any atom is -0.497 e. The molecule has 174 valence electrons. The summed E-state index contributed by atoms with van der Waals surface area (Å²) in [5.74, 6) is -0.234. The summed E-state index contributed by atoms with van der Waals surface area (Å²) in [5, 5.41) is 19.9. The molecule has 0 saturated carbocycles. The Morgan fingerprint density at radius 1 is 1.24 bits per heavy atom. The van der Waals surface area contributed by atoms with Crippen molar-refractivity contribution in [2.24, 2.45) is 5.92 Å². The fraction of sp³-hybridized carbons (Fsp3) is 0.348. The summed E-state index contributed by atoms with van der Waals surface area (Å²) in [6.07, 6.45) is 0. The average Bonchev–Trinajstić information content (AvgIpc) is 3.27. The first-order chi connectivity index (χ1) is 16.0. The van der Waals surface area contributed by atoms with Gasteiger partial charge >= 0.3 is 5.97 Å². The number of alkyl halides is 1. The molecule has 1 aliphatic rings. The van der Waals surface area contributed by atoms with Crippen LogP contribution in [0, 0.1) is 5.92 Å². The number of thioether (sulfide) groups is 1. The number of methoxy groups -OCH3 is 1. The molecule has 8 nitrogen and oxygen atoms in total. The van der Waals surface area contributed by atoms with Gasteiger partial charge in [-0.3, -0.25) is 4.79 Å². The Balaban J connectivity index is 1.71. The molecule has 2 heterocycles. The molecule has 33 heavy (non-hydrogen) atoms. The van der Waals surface area contributed by atoms with E-state index in [1.165, 1.54) is 16.4 Å². The first-order valence-electron chi connectivity index (χ1n) is 10.5. The third-order valence-electron chi connectivity index (χ3n) is 5.49. The molecular formula is C23H25ClN4O4S. The smallest absolute Gasteiger partial charge is 0.316 e. The third kappa shape index (κ3) is 4.66. The fourth-order valence-corrected chi connectivity index (χ4v) is 4.90. The number of carbonyl (C=O) groups excluding carboxylic acids is 1. The average molecular weight is 489 g/mol. The number of fused-ring (bicyclic) bond motifs is 1. The van der Waals surface area contributed by atoms with Crippen LogP contribution < -0.4 is 10.1 Å². The van der Waals surface area contributed by atoms with E-state index in [0.29, 0.717) is 22.6 Å². The van der Waals surface area contributed by atoms with Gasteiger partial charge in [0.15, 0.2) is 5.72 Å². The largest absolute Gasteiger partial charge is 0.497 e. The summed E-state index contributed by atoms with van der Waals surface area (Å²) in [6.45, 7) is 1.89. The summed E-state index contributed by atoms with van der Waals surface area (Å²) >= 11 is 7.70. The van der Waals surface area contributed by atoms with E-state index >= 15 is 0 Å². The van der Waals surface area contributed by atoms with Crippen molar-refractivity contribution in [3.63, 3.8) is 0 Å². The molecular weight excluding hydrogens is 464 g/mol. The zero-order chi connectivity index (χ0) is 23.4. The van der Waals surface area contributed by atoms with Crippen molar-refractivity contribution in [3.05, 3.63) is 65.7 Å². The van der Waals surface area contributed by atoms with E-state index in [1.807, 2.05) is 42.5 Å². The maximum atomic E-state index is 13.0. The van der Waals surface area contributed by atoms with Gasteiger partial charge in [0.05, 0.1) is 25.6 Å². The molecule has 0 radical (unpaired) electrons. The molecule has 1 aromatic heterocycles. The fourth-order valence-electron chi connectivity index (χ4n) is 3.84. The van der Waals surface area contributed by atoms with Crippen LogP contribution in [0.3, 0.4) is 0 Å². The van der Waals surface area contributed by atoms with Crippen LogP contribution in [0.15, 0.2) is 59.8 Å². The van der Waals surface area contributed by atoms with Crippen LogP contribution in [-0.4, -0.2) is 45.4 Å². The van der Waals surface area contributed by atoms with Gasteiger partial charge in [-0.1, -0.05) is 54.2 Å². The van der Waals surface area contributed by atoms with Gasteiger partial charge in [-0.15, -0.1) is 16.7 Å². The summed E-state index contributed by atoms with van der Waals surface area (Å²) in [6, 6.07) is 16.5. The number of nitrogens with one attached hydrogen (secondary N) is 1. The van der Waals surface area contributed by atoms with Crippen molar-refractivity contribution in [2.75, 3.05) is 24.9 Å². The summed E-state index contributed by atoms with van der Waals surface area (Å²) in [4.78, 5) is 17.6. The number of benzene rings is 2. The highest BCUT2D eigenvalue weighted by Gasteiger charge is 2.54. The Labute approximate surface area is 201 Å². The molecule has 4 rings (SSSR count). The van der Waals surface area contributed by atoms with Gasteiger partial charge in [0.1, 0.15) is 11.7 Å². The van der Waals surface area contributed by atoms with Crippen LogP contribution in [0.1, 0.15) is 24.1 Å². The zero-order valence-electron chi connectivity index (χ0n) is 18.3. The maximum absolute atomic E-state index is 13.0. The van der Waals surface area contributed by atoms with Crippen molar-refractivity contribution < 1.29 is 19.4 Å². The molecule has 1 aliphatic heterocycles. The number of halogens is 1. The number of aromatic nitrogens is 3. The van der Waals surface area contributed by atoms with Gasteiger partial charge in [0.25, 0.3) is 0 Å². The van der Waals surface area contributed by atoms with E-state index in [9.17, 15) is 9.90 Å². The topological polar surface area (TPSA) is 98.5 Å². The van der Waals surface area contributed by atoms with Crippen LogP contribution in [0.5, 0.6) is 5.75 Å². The van der Waals surface area contributed by atoms with Gasteiger partial charge < -0.3 is 19.9 Å². The molecule has 0 spiro atoms. The predicted octanol–water partition coefficient (Wildman–Crippen LogP) is 3.81. The first kappa shape index (κ1) is 23.4. The highest BCUT2D eigenvalue weighted by atomic mass is 35.5. The molecule has 0 bridgehead atoms. The SMILES string of the molecule is CCOC(=O)C1C(c2ccc(OC)cc2)Nc2nc(SCc3ccccc3)nn2C1(O)CCl. The Morgan fingerprint density at radius 3 is 2.61 bits per heavy atom. The van der Waals surface area contributed by atoms with Crippen molar-refractivity contribution in [2.45, 2.75) is 29.6 Å². The van der Waals surface area contributed by atoms with Crippen molar-refractivity contribution in [1.29, 1.82) is 0 Å². The number of rotatable bonds is 8. The Bertz CT molecular complexity index is 1100. The second-order valence-electron chi connectivity index (χ2n) is 7.54. The molecule has 3 aromatic rings. The van der Waals surface area contributed by atoms with Crippen LogP contribution in [-0.2, 0) is 21.0 Å². The van der Waals surface area contributed by atoms with Crippen LogP contribution in [0.4, 0.5) is 5.95 Å². The van der Waals surface area contributed by atoms with E-state index in [-0.39, 0.29) is 12.5 Å². The first-order valence-corrected chi connectivity index (χ1v) is 12.0. The number of hydrogen-bond donors (Lipinski definition) is 2. The van der Waals surface area contributed by atoms with Gasteiger partial charge in [0, 0.05) is 5.75 Å². The zero-order valence-corrected chi connectivity index (χ0v) is 19.8.